The van der Waals surface area contributed by atoms with E-state index in [0.717, 1.165) is 42.9 Å². The maximum absolute atomic E-state index is 12.9. The van der Waals surface area contributed by atoms with E-state index >= 15 is 0 Å². The maximum atomic E-state index is 12.9. The number of hydrogen-bond acceptors (Lipinski definition) is 2. The Morgan fingerprint density at radius 2 is 1.57 bits per heavy atom. The molecule has 0 aromatic carbocycles. The molecule has 0 aromatic rings. The molecule has 0 spiro atoms. The summed E-state index contributed by atoms with van der Waals surface area (Å²) in [4.78, 5) is 12.9. The van der Waals surface area contributed by atoms with Gasteiger partial charge in [0.2, 0.25) is 0 Å². The van der Waals surface area contributed by atoms with Crippen LogP contribution < -0.4 is 0 Å². The fraction of sp³-hybridized carbons (Fsp3) is 0.952. The van der Waals surface area contributed by atoms with E-state index in [1.165, 1.54) is 57.8 Å². The van der Waals surface area contributed by atoms with Crippen LogP contribution in [0.25, 0.3) is 0 Å². The third-order valence-corrected chi connectivity index (χ3v) is 8.52. The predicted molar refractivity (Wildman–Crippen MR) is 89.8 cm³/mol. The van der Waals surface area contributed by atoms with Crippen molar-refractivity contribution in [3.05, 3.63) is 0 Å². The van der Waals surface area contributed by atoms with E-state index < -0.39 is 0 Å². The van der Waals surface area contributed by atoms with Crippen LogP contribution in [-0.4, -0.2) is 11.6 Å². The van der Waals surface area contributed by atoms with Crippen molar-refractivity contribution >= 4 is 5.97 Å². The summed E-state index contributed by atoms with van der Waals surface area (Å²) in [6.07, 6.45) is 15.2. The lowest BCUT2D eigenvalue weighted by atomic mass is 9.49. The minimum absolute atomic E-state index is 0.0811. The zero-order valence-electron chi connectivity index (χ0n) is 14.7. The van der Waals surface area contributed by atoms with Gasteiger partial charge in [0, 0.05) is 0 Å². The molecule has 3 atom stereocenters. The number of rotatable bonds is 4. The lowest BCUT2D eigenvalue weighted by Crippen LogP contribution is -2.48. The molecule has 0 saturated heterocycles. The first-order chi connectivity index (χ1) is 11.1. The summed E-state index contributed by atoms with van der Waals surface area (Å²) in [5.74, 6) is 4.44. The van der Waals surface area contributed by atoms with Crippen molar-refractivity contribution in [1.82, 2.24) is 0 Å². The Hall–Kier alpha value is -0.530. The molecule has 6 rings (SSSR count). The lowest BCUT2D eigenvalue weighted by Gasteiger charge is -2.56. The fourth-order valence-electron chi connectivity index (χ4n) is 8.10. The molecule has 6 aliphatic carbocycles. The van der Waals surface area contributed by atoms with E-state index in [4.69, 9.17) is 4.74 Å². The summed E-state index contributed by atoms with van der Waals surface area (Å²) in [7, 11) is 0. The van der Waals surface area contributed by atoms with Crippen LogP contribution in [0.3, 0.4) is 0 Å². The van der Waals surface area contributed by atoms with Crippen LogP contribution in [0.2, 0.25) is 0 Å². The Labute approximate surface area is 140 Å². The van der Waals surface area contributed by atoms with E-state index in [9.17, 15) is 4.79 Å². The van der Waals surface area contributed by atoms with Gasteiger partial charge in [-0.3, -0.25) is 4.79 Å². The third-order valence-electron chi connectivity index (χ3n) is 8.52. The second-order valence-corrected chi connectivity index (χ2v) is 10.1. The molecule has 128 valence electrons. The minimum atomic E-state index is -0.0811. The molecule has 0 heterocycles. The van der Waals surface area contributed by atoms with Crippen LogP contribution in [0.1, 0.15) is 84.0 Å². The van der Waals surface area contributed by atoms with Gasteiger partial charge in [-0.15, -0.1) is 0 Å². The molecule has 6 fully saturated rings. The van der Waals surface area contributed by atoms with Gasteiger partial charge in [0.25, 0.3) is 0 Å². The highest BCUT2D eigenvalue weighted by Crippen LogP contribution is 2.62. The van der Waals surface area contributed by atoms with E-state index in [2.05, 4.69) is 6.92 Å². The van der Waals surface area contributed by atoms with Crippen molar-refractivity contribution in [3.63, 3.8) is 0 Å². The number of carbonyl (C=O) groups excluding carboxylic acids is 1. The van der Waals surface area contributed by atoms with Crippen molar-refractivity contribution in [1.29, 1.82) is 0 Å². The van der Waals surface area contributed by atoms with Crippen LogP contribution in [-0.2, 0) is 9.53 Å². The Morgan fingerprint density at radius 3 is 2.04 bits per heavy atom. The standard InChI is InChI=1S/C21H32O2/c1-2-21(12-14-3-4-18(21)8-14)23-19(22)13-20-9-15-5-16(10-20)7-17(6-15)11-20/h14-18H,2-13H2,1H3. The van der Waals surface area contributed by atoms with Crippen molar-refractivity contribution in [2.75, 3.05) is 0 Å². The van der Waals surface area contributed by atoms with Gasteiger partial charge in [-0.05, 0) is 106 Å². The second kappa shape index (κ2) is 4.99. The molecular weight excluding hydrogens is 284 g/mol. The van der Waals surface area contributed by atoms with E-state index in [-0.39, 0.29) is 11.6 Å². The van der Waals surface area contributed by atoms with Crippen molar-refractivity contribution in [3.8, 4) is 0 Å². The van der Waals surface area contributed by atoms with Gasteiger partial charge in [-0.1, -0.05) is 6.92 Å². The number of hydrogen-bond donors (Lipinski definition) is 0. The Bertz CT molecular complexity index is 475. The fourth-order valence-corrected chi connectivity index (χ4v) is 8.10. The summed E-state index contributed by atoms with van der Waals surface area (Å²) in [5.41, 5.74) is 0.251. The van der Waals surface area contributed by atoms with E-state index in [1.54, 1.807) is 0 Å². The van der Waals surface area contributed by atoms with Crippen LogP contribution >= 0.6 is 0 Å². The Kier molecular flexibility index (Phi) is 3.21. The van der Waals surface area contributed by atoms with Crippen molar-refractivity contribution < 1.29 is 9.53 Å². The van der Waals surface area contributed by atoms with Gasteiger partial charge in [0.1, 0.15) is 5.60 Å². The zero-order valence-corrected chi connectivity index (χ0v) is 14.7. The molecule has 3 unspecified atom stereocenters. The topological polar surface area (TPSA) is 26.3 Å². The number of ether oxygens (including phenoxy) is 1. The first kappa shape index (κ1) is 14.8. The highest BCUT2D eigenvalue weighted by molar-refractivity contribution is 5.71. The van der Waals surface area contributed by atoms with Gasteiger partial charge < -0.3 is 4.74 Å². The predicted octanol–water partition coefficient (Wildman–Crippen LogP) is 5.10. The summed E-state index contributed by atoms with van der Waals surface area (Å²) < 4.78 is 6.28. The average molecular weight is 316 g/mol. The molecule has 23 heavy (non-hydrogen) atoms. The monoisotopic (exact) mass is 316 g/mol. The molecule has 0 radical (unpaired) electrons. The van der Waals surface area contributed by atoms with Gasteiger partial charge in [0.05, 0.1) is 6.42 Å². The minimum Gasteiger partial charge on any atom is -0.459 e. The molecule has 2 heteroatoms. The van der Waals surface area contributed by atoms with Crippen LogP contribution in [0.5, 0.6) is 0 Å². The van der Waals surface area contributed by atoms with Crippen LogP contribution in [0.4, 0.5) is 0 Å². The maximum Gasteiger partial charge on any atom is 0.306 e. The summed E-state index contributed by atoms with van der Waals surface area (Å²) in [6, 6.07) is 0. The van der Waals surface area contributed by atoms with Gasteiger partial charge in [0.15, 0.2) is 0 Å². The first-order valence-corrected chi connectivity index (χ1v) is 10.3. The molecule has 0 aromatic heterocycles. The van der Waals surface area contributed by atoms with E-state index in [0.29, 0.717) is 11.3 Å². The van der Waals surface area contributed by atoms with Crippen molar-refractivity contribution in [2.24, 2.45) is 35.0 Å². The number of esters is 1. The molecule has 0 aliphatic heterocycles. The first-order valence-electron chi connectivity index (χ1n) is 10.3. The Morgan fingerprint density at radius 1 is 0.913 bits per heavy atom. The number of carbonyl (C=O) groups is 1. The highest BCUT2D eigenvalue weighted by atomic mass is 16.6. The normalized spacial score (nSPS) is 53.0. The smallest absolute Gasteiger partial charge is 0.306 e. The summed E-state index contributed by atoms with van der Waals surface area (Å²) >= 11 is 0. The third kappa shape index (κ3) is 2.30. The molecule has 6 saturated carbocycles. The van der Waals surface area contributed by atoms with Gasteiger partial charge in [-0.2, -0.15) is 0 Å². The van der Waals surface area contributed by atoms with Crippen LogP contribution in [0, 0.1) is 35.0 Å². The summed E-state index contributed by atoms with van der Waals surface area (Å²) in [6.45, 7) is 2.23. The molecular formula is C21H32O2. The molecule has 0 N–H and O–H groups in total. The quantitative estimate of drug-likeness (QED) is 0.674. The molecule has 2 nitrogen and oxygen atoms in total. The zero-order chi connectivity index (χ0) is 15.7. The second-order valence-electron chi connectivity index (χ2n) is 10.1. The van der Waals surface area contributed by atoms with Crippen LogP contribution in [0.15, 0.2) is 0 Å². The Balaban J connectivity index is 1.29. The van der Waals surface area contributed by atoms with Gasteiger partial charge >= 0.3 is 5.97 Å². The lowest BCUT2D eigenvalue weighted by molar-refractivity contribution is -0.173. The average Bonchev–Trinajstić information content (AvgIpc) is 3.05. The van der Waals surface area contributed by atoms with E-state index in [1.807, 2.05) is 0 Å². The molecule has 0 amide bonds. The summed E-state index contributed by atoms with van der Waals surface area (Å²) in [5, 5.41) is 0. The number of fused-ring (bicyclic) bond motifs is 2. The van der Waals surface area contributed by atoms with Gasteiger partial charge in [-0.25, -0.2) is 0 Å². The SMILES string of the molecule is CCC1(OC(=O)CC23CC4CC(CC(C4)C2)C3)CC2CCC1C2. The largest absolute Gasteiger partial charge is 0.459 e. The van der Waals surface area contributed by atoms with Crippen molar-refractivity contribution in [2.45, 2.75) is 89.6 Å². The molecule has 6 aliphatic rings. The molecule has 6 bridgehead atoms. The highest BCUT2D eigenvalue weighted by Gasteiger charge is 2.55.